The number of halogens is 2. The first-order valence-corrected chi connectivity index (χ1v) is 7.73. The second kappa shape index (κ2) is 6.55. The van der Waals surface area contributed by atoms with Crippen molar-refractivity contribution in [3.05, 3.63) is 68.7 Å². The second-order valence-electron chi connectivity index (χ2n) is 5.25. The van der Waals surface area contributed by atoms with Gasteiger partial charge in [-0.05, 0) is 42.2 Å². The molecule has 0 spiro atoms. The quantitative estimate of drug-likeness (QED) is 0.662. The molecule has 0 fully saturated rings. The third-order valence-corrected chi connectivity index (χ3v) is 3.93. The number of carbonyl (C=O) groups excluding carboxylic acids is 1. The van der Waals surface area contributed by atoms with E-state index in [1.54, 1.807) is 18.2 Å². The van der Waals surface area contributed by atoms with Crippen molar-refractivity contribution in [2.24, 2.45) is 5.92 Å². The third kappa shape index (κ3) is 3.71. The van der Waals surface area contributed by atoms with Crippen LogP contribution in [0, 0.1) is 5.92 Å². The van der Waals surface area contributed by atoms with Crippen molar-refractivity contribution in [3.8, 4) is 0 Å². The summed E-state index contributed by atoms with van der Waals surface area (Å²) in [4.78, 5) is 12.6. The van der Waals surface area contributed by atoms with Crippen molar-refractivity contribution in [1.29, 1.82) is 0 Å². The van der Waals surface area contributed by atoms with Gasteiger partial charge in [-0.1, -0.05) is 59.6 Å². The van der Waals surface area contributed by atoms with E-state index in [-0.39, 0.29) is 5.78 Å². The summed E-state index contributed by atoms with van der Waals surface area (Å²) in [5.41, 5.74) is 2.48. The highest BCUT2D eigenvalue weighted by molar-refractivity contribution is 9.10. The van der Waals surface area contributed by atoms with Gasteiger partial charge < -0.3 is 0 Å². The maximum absolute atomic E-state index is 12.6. The lowest BCUT2D eigenvalue weighted by Gasteiger charge is -2.08. The molecule has 20 heavy (non-hydrogen) atoms. The molecule has 0 aromatic heterocycles. The molecule has 0 aliphatic rings. The number of rotatable bonds is 4. The van der Waals surface area contributed by atoms with Gasteiger partial charge in [-0.25, -0.2) is 0 Å². The Morgan fingerprint density at radius 3 is 2.65 bits per heavy atom. The zero-order chi connectivity index (χ0) is 14.7. The van der Waals surface area contributed by atoms with Crippen molar-refractivity contribution in [2.75, 3.05) is 0 Å². The molecule has 2 aromatic rings. The van der Waals surface area contributed by atoms with Gasteiger partial charge in [-0.3, -0.25) is 4.79 Å². The Balaban J connectivity index is 2.35. The molecule has 0 radical (unpaired) electrons. The smallest absolute Gasteiger partial charge is 0.194 e. The van der Waals surface area contributed by atoms with Gasteiger partial charge in [-0.15, -0.1) is 0 Å². The van der Waals surface area contributed by atoms with Crippen LogP contribution in [0.5, 0.6) is 0 Å². The molecule has 104 valence electrons. The molecule has 0 atom stereocenters. The molecular formula is C17H16BrClO. The molecule has 0 N–H and O–H groups in total. The Kier molecular flexibility index (Phi) is 5.00. The third-order valence-electron chi connectivity index (χ3n) is 3.01. The minimum atomic E-state index is -0.00928. The first-order valence-electron chi connectivity index (χ1n) is 6.56. The summed E-state index contributed by atoms with van der Waals surface area (Å²) in [6.07, 6.45) is 0.970. The van der Waals surface area contributed by atoms with E-state index in [4.69, 9.17) is 11.6 Å². The van der Waals surface area contributed by atoms with Gasteiger partial charge >= 0.3 is 0 Å². The molecule has 1 nitrogen and oxygen atoms in total. The Morgan fingerprint density at radius 2 is 1.95 bits per heavy atom. The zero-order valence-electron chi connectivity index (χ0n) is 11.5. The summed E-state index contributed by atoms with van der Waals surface area (Å²) in [5, 5.41) is 0.565. The van der Waals surface area contributed by atoms with Crippen LogP contribution in [0.4, 0.5) is 0 Å². The molecule has 0 heterocycles. The second-order valence-corrected chi connectivity index (χ2v) is 6.54. The fourth-order valence-electron chi connectivity index (χ4n) is 2.14. The van der Waals surface area contributed by atoms with Gasteiger partial charge in [0.25, 0.3) is 0 Å². The molecule has 0 bridgehead atoms. The molecule has 2 rings (SSSR count). The van der Waals surface area contributed by atoms with E-state index in [9.17, 15) is 4.79 Å². The van der Waals surface area contributed by atoms with Crippen LogP contribution in [-0.2, 0) is 6.42 Å². The predicted molar refractivity (Wildman–Crippen MR) is 87.6 cm³/mol. The first-order chi connectivity index (χ1) is 9.47. The van der Waals surface area contributed by atoms with Gasteiger partial charge in [0.05, 0.1) is 0 Å². The van der Waals surface area contributed by atoms with E-state index in [0.29, 0.717) is 22.1 Å². The number of benzene rings is 2. The van der Waals surface area contributed by atoms with Crippen molar-refractivity contribution in [3.63, 3.8) is 0 Å². The van der Waals surface area contributed by atoms with Gasteiger partial charge in [0, 0.05) is 20.6 Å². The van der Waals surface area contributed by atoms with Crippen LogP contribution in [0.15, 0.2) is 46.9 Å². The van der Waals surface area contributed by atoms with Crippen molar-refractivity contribution < 1.29 is 4.79 Å². The van der Waals surface area contributed by atoms with Gasteiger partial charge in [-0.2, -0.15) is 0 Å². The van der Waals surface area contributed by atoms with Crippen LogP contribution in [0.2, 0.25) is 5.02 Å². The fourth-order valence-corrected chi connectivity index (χ4v) is 2.74. The summed E-state index contributed by atoms with van der Waals surface area (Å²) >= 11 is 9.38. The standard InChI is InChI=1S/C17H16BrClO/c1-11(2)8-12-4-3-5-13(9-12)17(20)15-10-14(19)6-7-16(15)18/h3-7,9-11H,8H2,1-2H3. The molecule has 0 amide bonds. The van der Waals surface area contributed by atoms with E-state index >= 15 is 0 Å². The van der Waals surface area contributed by atoms with E-state index in [2.05, 4.69) is 35.8 Å². The zero-order valence-corrected chi connectivity index (χ0v) is 13.8. The topological polar surface area (TPSA) is 17.1 Å². The van der Waals surface area contributed by atoms with E-state index in [1.165, 1.54) is 5.56 Å². The summed E-state index contributed by atoms with van der Waals surface area (Å²) in [5.74, 6) is 0.559. The normalized spacial score (nSPS) is 10.8. The molecule has 0 saturated carbocycles. The average Bonchev–Trinajstić information content (AvgIpc) is 2.40. The summed E-state index contributed by atoms with van der Waals surface area (Å²) in [7, 11) is 0. The molecular weight excluding hydrogens is 336 g/mol. The van der Waals surface area contributed by atoms with Gasteiger partial charge in [0.15, 0.2) is 5.78 Å². The van der Waals surface area contributed by atoms with E-state index in [0.717, 1.165) is 10.9 Å². The number of carbonyl (C=O) groups is 1. The van der Waals surface area contributed by atoms with Crippen LogP contribution in [0.25, 0.3) is 0 Å². The minimum absolute atomic E-state index is 0.00928. The van der Waals surface area contributed by atoms with E-state index < -0.39 is 0 Å². The number of hydrogen-bond donors (Lipinski definition) is 0. The number of ketones is 1. The SMILES string of the molecule is CC(C)Cc1cccc(C(=O)c2cc(Cl)ccc2Br)c1. The molecule has 0 aliphatic carbocycles. The molecule has 3 heteroatoms. The summed E-state index contributed by atoms with van der Waals surface area (Å²) in [6, 6.07) is 13.1. The highest BCUT2D eigenvalue weighted by Gasteiger charge is 2.13. The highest BCUT2D eigenvalue weighted by atomic mass is 79.9. The largest absolute Gasteiger partial charge is 0.289 e. The monoisotopic (exact) mass is 350 g/mol. The van der Waals surface area contributed by atoms with Crippen LogP contribution in [0.3, 0.4) is 0 Å². The van der Waals surface area contributed by atoms with Crippen molar-refractivity contribution in [1.82, 2.24) is 0 Å². The summed E-state index contributed by atoms with van der Waals surface area (Å²) in [6.45, 7) is 4.34. The lowest BCUT2D eigenvalue weighted by atomic mass is 9.97. The van der Waals surface area contributed by atoms with Crippen LogP contribution in [0.1, 0.15) is 35.3 Å². The van der Waals surface area contributed by atoms with Gasteiger partial charge in [0.1, 0.15) is 0 Å². The van der Waals surface area contributed by atoms with Crippen molar-refractivity contribution >= 4 is 33.3 Å². The average molecular weight is 352 g/mol. The summed E-state index contributed by atoms with van der Waals surface area (Å²) < 4.78 is 0.765. The van der Waals surface area contributed by atoms with Crippen LogP contribution in [-0.4, -0.2) is 5.78 Å². The highest BCUT2D eigenvalue weighted by Crippen LogP contribution is 2.24. The molecule has 2 aromatic carbocycles. The minimum Gasteiger partial charge on any atom is -0.289 e. The number of hydrogen-bond acceptors (Lipinski definition) is 1. The van der Waals surface area contributed by atoms with Gasteiger partial charge in [0.2, 0.25) is 0 Å². The maximum Gasteiger partial charge on any atom is 0.194 e. The lowest BCUT2D eigenvalue weighted by Crippen LogP contribution is -2.04. The first kappa shape index (κ1) is 15.3. The Labute approximate surface area is 133 Å². The predicted octanol–water partition coefficient (Wildman–Crippen LogP) is 5.53. The molecule has 0 saturated heterocycles. The Morgan fingerprint density at radius 1 is 1.20 bits per heavy atom. The Bertz CT molecular complexity index is 635. The van der Waals surface area contributed by atoms with Crippen LogP contribution < -0.4 is 0 Å². The lowest BCUT2D eigenvalue weighted by molar-refractivity contribution is 0.103. The van der Waals surface area contributed by atoms with Crippen molar-refractivity contribution in [2.45, 2.75) is 20.3 Å². The molecule has 0 unspecified atom stereocenters. The molecule has 0 aliphatic heterocycles. The van der Waals surface area contributed by atoms with E-state index in [1.807, 2.05) is 18.2 Å². The maximum atomic E-state index is 12.6. The van der Waals surface area contributed by atoms with Crippen LogP contribution >= 0.6 is 27.5 Å². The Hall–Kier alpha value is -1.12. The fraction of sp³-hybridized carbons (Fsp3) is 0.235.